The summed E-state index contributed by atoms with van der Waals surface area (Å²) in [6.07, 6.45) is 0.826. The number of ether oxygens (including phenoxy) is 3. The Kier molecular flexibility index (Phi) is 5.28. The van der Waals surface area contributed by atoms with Gasteiger partial charge in [-0.2, -0.15) is 0 Å². The number of hydrogen-bond acceptors (Lipinski definition) is 5. The number of carbonyl (C=O) groups excluding carboxylic acids is 2. The van der Waals surface area contributed by atoms with Crippen molar-refractivity contribution in [2.75, 3.05) is 27.9 Å². The van der Waals surface area contributed by atoms with Crippen molar-refractivity contribution >= 4 is 11.8 Å². The van der Waals surface area contributed by atoms with Crippen LogP contribution >= 0.6 is 0 Å². The molecule has 0 bridgehead atoms. The Labute approximate surface area is 175 Å². The van der Waals surface area contributed by atoms with E-state index in [1.54, 1.807) is 26.2 Å². The molecule has 2 aliphatic heterocycles. The molecule has 2 aromatic rings. The molecule has 7 nitrogen and oxygen atoms in total. The maximum atomic E-state index is 13.2. The van der Waals surface area contributed by atoms with Gasteiger partial charge in [-0.3, -0.25) is 9.59 Å². The molecule has 2 heterocycles. The normalized spacial score (nSPS) is 23.0. The molecule has 2 atom stereocenters. The van der Waals surface area contributed by atoms with E-state index in [4.69, 9.17) is 14.2 Å². The highest BCUT2D eigenvalue weighted by atomic mass is 16.5. The SMILES string of the molecule is COc1cc([C@H]2CNC(=O)[C@@]23CCC(=O)N3Cc2ccccc2)cc(OC)c1OC. The van der Waals surface area contributed by atoms with Crippen LogP contribution in [0.15, 0.2) is 42.5 Å². The van der Waals surface area contributed by atoms with Crippen molar-refractivity contribution in [3.8, 4) is 17.2 Å². The number of nitrogens with zero attached hydrogens (tertiary/aromatic N) is 1. The molecule has 0 unspecified atom stereocenters. The first-order valence-corrected chi connectivity index (χ1v) is 9.97. The van der Waals surface area contributed by atoms with E-state index in [2.05, 4.69) is 5.32 Å². The molecule has 0 saturated carbocycles. The highest BCUT2D eigenvalue weighted by Gasteiger charge is 2.59. The molecule has 158 valence electrons. The number of amides is 2. The standard InChI is InChI=1S/C23H26N2O5/c1-28-18-11-16(12-19(29-2)21(18)30-3)17-13-24-22(27)23(17)10-9-20(26)25(23)14-15-7-5-4-6-8-15/h4-8,11-12,17H,9-10,13-14H2,1-3H3,(H,24,27)/t17-,23-/m1/s1. The number of benzene rings is 2. The van der Waals surface area contributed by atoms with Gasteiger partial charge in [0.05, 0.1) is 21.3 Å². The van der Waals surface area contributed by atoms with Crippen molar-refractivity contribution in [1.29, 1.82) is 0 Å². The molecule has 0 aliphatic carbocycles. The predicted octanol–water partition coefficient (Wildman–Crippen LogP) is 2.49. The van der Waals surface area contributed by atoms with Gasteiger partial charge in [-0.05, 0) is 29.7 Å². The summed E-state index contributed by atoms with van der Waals surface area (Å²) < 4.78 is 16.5. The van der Waals surface area contributed by atoms with Gasteiger partial charge in [-0.15, -0.1) is 0 Å². The van der Waals surface area contributed by atoms with Gasteiger partial charge in [0.25, 0.3) is 0 Å². The minimum absolute atomic E-state index is 0.00616. The van der Waals surface area contributed by atoms with Crippen LogP contribution in [0.4, 0.5) is 0 Å². The molecule has 2 amide bonds. The monoisotopic (exact) mass is 410 g/mol. The van der Waals surface area contributed by atoms with Crippen molar-refractivity contribution in [3.05, 3.63) is 53.6 Å². The fourth-order valence-electron chi connectivity index (χ4n) is 4.75. The average Bonchev–Trinajstić information content (AvgIpc) is 3.28. The second kappa shape index (κ2) is 7.89. The fourth-order valence-corrected chi connectivity index (χ4v) is 4.75. The molecular formula is C23H26N2O5. The summed E-state index contributed by atoms with van der Waals surface area (Å²) >= 11 is 0. The molecule has 2 saturated heterocycles. The molecule has 1 spiro atoms. The summed E-state index contributed by atoms with van der Waals surface area (Å²) in [7, 11) is 4.69. The van der Waals surface area contributed by atoms with Gasteiger partial charge in [0.15, 0.2) is 11.5 Å². The van der Waals surface area contributed by atoms with Gasteiger partial charge >= 0.3 is 0 Å². The Morgan fingerprint density at radius 2 is 1.70 bits per heavy atom. The van der Waals surface area contributed by atoms with E-state index in [0.717, 1.165) is 11.1 Å². The van der Waals surface area contributed by atoms with Crippen molar-refractivity contribution < 1.29 is 23.8 Å². The van der Waals surface area contributed by atoms with E-state index in [9.17, 15) is 9.59 Å². The van der Waals surface area contributed by atoms with Gasteiger partial charge in [0, 0.05) is 25.4 Å². The van der Waals surface area contributed by atoms with Crippen LogP contribution < -0.4 is 19.5 Å². The molecule has 2 aromatic carbocycles. The summed E-state index contributed by atoms with van der Waals surface area (Å²) in [4.78, 5) is 27.8. The molecule has 2 fully saturated rings. The van der Waals surface area contributed by atoms with E-state index in [-0.39, 0.29) is 17.7 Å². The summed E-state index contributed by atoms with van der Waals surface area (Å²) in [5.74, 6) is 1.21. The largest absolute Gasteiger partial charge is 0.493 e. The second-order valence-corrected chi connectivity index (χ2v) is 7.61. The number of rotatable bonds is 6. The van der Waals surface area contributed by atoms with Crippen LogP contribution in [-0.2, 0) is 16.1 Å². The van der Waals surface area contributed by atoms with E-state index in [0.29, 0.717) is 43.2 Å². The first kappa shape index (κ1) is 20.1. The number of methoxy groups -OCH3 is 3. The first-order valence-electron chi connectivity index (χ1n) is 9.97. The van der Waals surface area contributed by atoms with Gasteiger partial charge < -0.3 is 24.4 Å². The van der Waals surface area contributed by atoms with Crippen LogP contribution in [0.1, 0.15) is 29.9 Å². The van der Waals surface area contributed by atoms with Crippen molar-refractivity contribution in [2.24, 2.45) is 0 Å². The zero-order valence-electron chi connectivity index (χ0n) is 17.4. The molecule has 1 N–H and O–H groups in total. The minimum Gasteiger partial charge on any atom is -0.493 e. The Hall–Kier alpha value is -3.22. The highest BCUT2D eigenvalue weighted by Crippen LogP contribution is 2.49. The first-order chi connectivity index (χ1) is 14.5. The van der Waals surface area contributed by atoms with Crippen LogP contribution in [0.25, 0.3) is 0 Å². The van der Waals surface area contributed by atoms with Gasteiger partial charge in [0.1, 0.15) is 5.54 Å². The summed E-state index contributed by atoms with van der Waals surface area (Å²) in [6, 6.07) is 13.5. The smallest absolute Gasteiger partial charge is 0.246 e. The van der Waals surface area contributed by atoms with Crippen LogP contribution in [0.3, 0.4) is 0 Å². The van der Waals surface area contributed by atoms with Crippen molar-refractivity contribution in [3.63, 3.8) is 0 Å². The van der Waals surface area contributed by atoms with Gasteiger partial charge in [0.2, 0.25) is 17.6 Å². The van der Waals surface area contributed by atoms with Crippen LogP contribution in [0.2, 0.25) is 0 Å². The van der Waals surface area contributed by atoms with E-state index < -0.39 is 5.54 Å². The zero-order chi connectivity index (χ0) is 21.3. The van der Waals surface area contributed by atoms with Crippen molar-refractivity contribution in [2.45, 2.75) is 30.8 Å². The van der Waals surface area contributed by atoms with Crippen molar-refractivity contribution in [1.82, 2.24) is 10.2 Å². The topological polar surface area (TPSA) is 77.1 Å². The number of nitrogens with one attached hydrogen (secondary N) is 1. The average molecular weight is 410 g/mol. The fraction of sp³-hybridized carbons (Fsp3) is 0.391. The third kappa shape index (κ3) is 3.05. The maximum absolute atomic E-state index is 13.2. The van der Waals surface area contributed by atoms with Crippen LogP contribution in [0, 0.1) is 0 Å². The second-order valence-electron chi connectivity index (χ2n) is 7.61. The lowest BCUT2D eigenvalue weighted by Gasteiger charge is -2.38. The molecule has 7 heteroatoms. The minimum atomic E-state index is -0.933. The van der Waals surface area contributed by atoms with E-state index in [1.807, 2.05) is 42.5 Å². The maximum Gasteiger partial charge on any atom is 0.246 e. The quantitative estimate of drug-likeness (QED) is 0.792. The van der Waals surface area contributed by atoms with Crippen LogP contribution in [-0.4, -0.2) is 50.1 Å². The summed E-state index contributed by atoms with van der Waals surface area (Å²) in [6.45, 7) is 0.837. The lowest BCUT2D eigenvalue weighted by Crippen LogP contribution is -2.53. The van der Waals surface area contributed by atoms with E-state index >= 15 is 0 Å². The van der Waals surface area contributed by atoms with Crippen LogP contribution in [0.5, 0.6) is 17.2 Å². The number of hydrogen-bond donors (Lipinski definition) is 1. The lowest BCUT2D eigenvalue weighted by atomic mass is 9.79. The Balaban J connectivity index is 1.79. The third-order valence-corrected chi connectivity index (χ3v) is 6.21. The van der Waals surface area contributed by atoms with Gasteiger partial charge in [-0.25, -0.2) is 0 Å². The predicted molar refractivity (Wildman–Crippen MR) is 111 cm³/mol. The Bertz CT molecular complexity index is 936. The lowest BCUT2D eigenvalue weighted by molar-refractivity contribution is -0.140. The molecule has 30 heavy (non-hydrogen) atoms. The molecule has 2 aliphatic rings. The van der Waals surface area contributed by atoms with Gasteiger partial charge in [-0.1, -0.05) is 30.3 Å². The molecular weight excluding hydrogens is 384 g/mol. The number of likely N-dealkylation sites (tertiary alicyclic amines) is 1. The van der Waals surface area contributed by atoms with E-state index in [1.165, 1.54) is 0 Å². The number of carbonyl (C=O) groups is 2. The zero-order valence-corrected chi connectivity index (χ0v) is 17.4. The molecule has 0 radical (unpaired) electrons. The Morgan fingerprint density at radius 1 is 1.03 bits per heavy atom. The molecule has 4 rings (SSSR count). The molecule has 0 aromatic heterocycles. The Morgan fingerprint density at radius 3 is 2.30 bits per heavy atom. The summed E-state index contributed by atoms with van der Waals surface area (Å²) in [5.41, 5.74) is 0.934. The summed E-state index contributed by atoms with van der Waals surface area (Å²) in [5, 5.41) is 3.00. The third-order valence-electron chi connectivity index (χ3n) is 6.21. The highest BCUT2D eigenvalue weighted by molar-refractivity contribution is 5.97.